The molecule has 8 heterocycles. The lowest BCUT2D eigenvalue weighted by Gasteiger charge is -2.48. The van der Waals surface area contributed by atoms with Gasteiger partial charge in [-0.3, -0.25) is 43.3 Å². The van der Waals surface area contributed by atoms with E-state index in [0.29, 0.717) is 24.4 Å². The Morgan fingerprint density at radius 2 is 1.27 bits per heavy atom. The highest BCUT2D eigenvalue weighted by atomic mass is 127. The number of nitrogens with two attached hydrogens (primary N) is 4. The second-order valence-electron chi connectivity index (χ2n) is 35.9. The number of aromatic hydroxyl groups is 2. The number of hydrogen-bond donors (Lipinski definition) is 20. The van der Waals surface area contributed by atoms with Crippen LogP contribution in [0.1, 0.15) is 150 Å². The molecule has 748 valence electrons. The fourth-order valence-electron chi connectivity index (χ4n) is 17.3. The molecule has 15 rings (SSSR count). The van der Waals surface area contributed by atoms with E-state index in [2.05, 4.69) is 37.2 Å². The van der Waals surface area contributed by atoms with Gasteiger partial charge in [-0.15, -0.1) is 0 Å². The molecule has 0 saturated carbocycles. The van der Waals surface area contributed by atoms with Crippen LogP contribution in [0.25, 0.3) is 22.3 Å². The number of nitrogens with zero attached hydrogens (tertiary/aromatic N) is 1. The van der Waals surface area contributed by atoms with E-state index in [9.17, 15) is 65.1 Å². The molecule has 8 aliphatic heterocycles. The molecule has 7 aromatic rings. The first-order valence-corrected chi connectivity index (χ1v) is 46.7. The van der Waals surface area contributed by atoms with Crippen molar-refractivity contribution in [3.63, 3.8) is 0 Å². The molecule has 41 nitrogen and oxygen atoms in total. The SMILES string of the molecule is CC(C)C[C@H](C(=O)N[C@H]1C(=O)N[C@@H](CC(N)=O)C(=O)N[C@H]2C(=O)N[C@H]3C(=O)N[C@H](C(=O)N[C@@H](C(=O)O)c4cc(O)cc(O)c4-c4cc3ccc4I)[C@H](O[C@H]3C[C@](C)(N)[C@@H](O)[C@H](C)O3)c3ccc(c(Cl)c3)Oc3cc2cc(c3O[C@@H]2O[C@H](CO)[C@@H](O)[C@H](O)[C@H]2O[C@H]2C[C@](C)(NCc3ccc(-c4ccc(Cl)cc4)cc3)[C@@H](O)[C@H](C)O2)Oc2ccc(cc2Cl)[C@H]1O)N(C)C(=O)OCOC(=O)[C@@H](N)CCCCN. The van der Waals surface area contributed by atoms with Crippen molar-refractivity contribution in [2.75, 3.05) is 27.0 Å². The number of benzene rings is 7. The van der Waals surface area contributed by atoms with E-state index in [-0.39, 0.29) is 63.6 Å². The molecular formula is C94H110Cl3IN12O29. The summed E-state index contributed by atoms with van der Waals surface area (Å²) in [6.45, 7) is 8.06. The first kappa shape index (κ1) is 105. The molecule has 3 saturated heterocycles. The second-order valence-corrected chi connectivity index (χ2v) is 38.3. The van der Waals surface area contributed by atoms with Crippen LogP contribution in [0.5, 0.6) is 40.2 Å². The topological polar surface area (TPSA) is 637 Å². The summed E-state index contributed by atoms with van der Waals surface area (Å²) in [4.78, 5) is 151. The minimum atomic E-state index is -2.44. The summed E-state index contributed by atoms with van der Waals surface area (Å²) in [5.74, 6) is -17.2. The maximum Gasteiger partial charge on any atom is 0.413 e. The van der Waals surface area contributed by atoms with Crippen LogP contribution < -0.4 is 74.4 Å². The van der Waals surface area contributed by atoms with Crippen LogP contribution >= 0.6 is 57.4 Å². The van der Waals surface area contributed by atoms with Gasteiger partial charge in [-0.05, 0) is 193 Å². The number of phenolic OH excluding ortho intramolecular Hbond substituents is 2. The number of phenols is 2. The van der Waals surface area contributed by atoms with Crippen molar-refractivity contribution in [3.8, 4) is 62.5 Å². The average molecular weight is 2110 g/mol. The quantitative estimate of drug-likeness (QED) is 0.0143. The Kier molecular flexibility index (Phi) is 34.0. The Balaban J connectivity index is 0.990. The number of aliphatic hydroxyl groups excluding tert-OH is 6. The van der Waals surface area contributed by atoms with Crippen molar-refractivity contribution >= 4 is 117 Å². The van der Waals surface area contributed by atoms with Crippen molar-refractivity contribution < 1.29 is 141 Å². The second kappa shape index (κ2) is 44.9. The molecule has 23 atom stereocenters. The number of carbonyl (C=O) groups excluding carboxylic acids is 9. The average Bonchev–Trinajstić information content (AvgIpc) is 0.761. The first-order valence-electron chi connectivity index (χ1n) is 44.5. The highest BCUT2D eigenvalue weighted by Crippen LogP contribution is 2.51. The third-order valence-corrected chi connectivity index (χ3v) is 26.7. The number of fused-ring (bicyclic) bond motifs is 15. The molecule has 11 bridgehead atoms. The number of amides is 8. The summed E-state index contributed by atoms with van der Waals surface area (Å²) in [5.41, 5.74) is 21.9. The molecule has 45 heteroatoms. The van der Waals surface area contributed by atoms with E-state index in [4.69, 9.17) is 105 Å². The van der Waals surface area contributed by atoms with Crippen LogP contribution in [0.15, 0.2) is 127 Å². The molecule has 3 fully saturated rings. The lowest BCUT2D eigenvalue weighted by Crippen LogP contribution is -2.65. The Hall–Kier alpha value is -11.0. The van der Waals surface area contributed by atoms with Crippen LogP contribution in [0.2, 0.25) is 15.1 Å². The number of carboxylic acid groups (broad SMARTS) is 1. The summed E-state index contributed by atoms with van der Waals surface area (Å²) in [6.07, 6.45) is -24.0. The van der Waals surface area contributed by atoms with Crippen molar-refractivity contribution in [2.45, 2.75) is 232 Å². The third-order valence-electron chi connectivity index (χ3n) is 24.9. The number of ether oxygens (including phenoxy) is 10. The third kappa shape index (κ3) is 24.4. The summed E-state index contributed by atoms with van der Waals surface area (Å²) >= 11 is 22.8. The van der Waals surface area contributed by atoms with Gasteiger partial charge < -0.3 is 153 Å². The first-order chi connectivity index (χ1) is 65.8. The largest absolute Gasteiger partial charge is 0.508 e. The number of carbonyl (C=O) groups is 10. The highest BCUT2D eigenvalue weighted by Gasteiger charge is 2.54. The molecule has 8 amide bonds. The van der Waals surface area contributed by atoms with Gasteiger partial charge in [-0.25, -0.2) is 9.59 Å². The molecule has 0 aliphatic carbocycles. The number of nitrogens with one attached hydrogen (secondary N) is 7. The minimum Gasteiger partial charge on any atom is -0.508 e. The number of rotatable bonds is 26. The lowest BCUT2D eigenvalue weighted by molar-refractivity contribution is -0.334. The standard InChI is InChI=1S/C94H110Cl3IN12O29/c1-40(2)26-59(110(7)92(129)131-39-130-90(128)57(100)10-8-9-25-99)84(121)108-73-75(115)47-18-23-61(54(96)28-47)134-63-30-49-31-64(79(63)139-91-80(77(117)76(116)65(38-111)136-91)138-68-36-94(6,82(119)42(4)133-68)103-37-43-11-13-44(14-12-43)45-15-20-50(95)21-16-45)135-62-24-19-48(29-55(62)97)78(137-67-35-93(5,102)81(118)41(3)132-67)74-88(125)107-72(89(126)127)53-32-51(112)33-60(113)69(53)52-27-46(17-22-56(52)98)70(85(122)109-74)106-86(123)71(49)105-83(120)58(34-66(101)114)104-87(73)124/h11-24,27-33,40-42,57-59,65,67-68,70-78,80-82,91,103,111-113,115-119H,8-10,25-26,34-39,99-100,102H2,1-7H3,(H2,101,114)(H,104,124)(H,105,120)(H,106,123)(H,107,125)(H,108,121)(H,109,122)(H,126,127)/t41-,42-,57-,58-,59+,65+,67-,68-,70+,71+,72+,73+,74-,75+,76+,77-,78+,80+,81-,82-,91-,93-,94-/m0/s1. The monoisotopic (exact) mass is 2100 g/mol. The molecule has 8 aliphatic rings. The minimum absolute atomic E-state index is 0.0881. The van der Waals surface area contributed by atoms with Crippen LogP contribution in [0, 0.1) is 9.49 Å². The highest BCUT2D eigenvalue weighted by molar-refractivity contribution is 14.1. The number of aliphatic hydroxyl groups is 6. The van der Waals surface area contributed by atoms with E-state index < -0.39 is 286 Å². The molecule has 0 aromatic heterocycles. The Morgan fingerprint density at radius 1 is 0.669 bits per heavy atom. The molecule has 0 unspecified atom stereocenters. The number of esters is 1. The van der Waals surface area contributed by atoms with Crippen LogP contribution in [-0.2, 0) is 82.9 Å². The van der Waals surface area contributed by atoms with Gasteiger partial charge in [0.2, 0.25) is 60.2 Å². The van der Waals surface area contributed by atoms with E-state index in [1.54, 1.807) is 39.8 Å². The summed E-state index contributed by atoms with van der Waals surface area (Å²) in [5, 5.41) is 124. The van der Waals surface area contributed by atoms with E-state index in [1.807, 2.05) is 59.0 Å². The van der Waals surface area contributed by atoms with Crippen molar-refractivity contribution in [2.24, 2.45) is 28.9 Å². The molecule has 7 aromatic carbocycles. The smallest absolute Gasteiger partial charge is 0.413 e. The van der Waals surface area contributed by atoms with Gasteiger partial charge in [0.15, 0.2) is 36.2 Å². The molecule has 24 N–H and O–H groups in total. The van der Waals surface area contributed by atoms with E-state index in [0.717, 1.165) is 71.1 Å². The number of aliphatic carboxylic acids is 1. The summed E-state index contributed by atoms with van der Waals surface area (Å²) in [6, 6.07) is 13.2. The predicted octanol–water partition coefficient (Wildman–Crippen LogP) is 5.20. The predicted molar refractivity (Wildman–Crippen MR) is 503 cm³/mol. The van der Waals surface area contributed by atoms with Gasteiger partial charge in [-0.1, -0.05) is 110 Å². The zero-order valence-corrected chi connectivity index (χ0v) is 80.5. The molecular weight excluding hydrogens is 1990 g/mol. The molecule has 0 radical (unpaired) electrons. The maximum absolute atomic E-state index is 16.8. The van der Waals surface area contributed by atoms with Gasteiger partial charge in [-0.2, -0.15) is 0 Å². The van der Waals surface area contributed by atoms with Gasteiger partial charge in [0.1, 0.15) is 95.8 Å². The van der Waals surface area contributed by atoms with Crippen molar-refractivity contribution in [3.05, 3.63) is 179 Å². The number of primary amides is 1. The number of halogens is 4. The number of carboxylic acids is 1. The number of hydrogen-bond acceptors (Lipinski definition) is 32. The van der Waals surface area contributed by atoms with Crippen molar-refractivity contribution in [1.29, 1.82) is 0 Å². The maximum atomic E-state index is 16.8. The van der Waals surface area contributed by atoms with Gasteiger partial charge >= 0.3 is 18.0 Å². The Labute approximate surface area is 825 Å². The molecule has 0 spiro atoms. The van der Waals surface area contributed by atoms with Gasteiger partial charge in [0, 0.05) is 63.3 Å². The Bertz CT molecular complexity index is 5740. The zero-order chi connectivity index (χ0) is 101. The lowest BCUT2D eigenvalue weighted by atomic mass is 9.84. The Morgan fingerprint density at radius 3 is 1.89 bits per heavy atom. The zero-order valence-electron chi connectivity index (χ0n) is 76.1. The van der Waals surface area contributed by atoms with Crippen molar-refractivity contribution in [1.82, 2.24) is 42.1 Å². The fraction of sp³-hybridized carbons (Fsp3) is 0.447. The fourth-order valence-corrected chi connectivity index (χ4v) is 18.5. The summed E-state index contributed by atoms with van der Waals surface area (Å²) < 4.78 is 63.8. The van der Waals surface area contributed by atoms with Crippen LogP contribution in [-0.4, -0.2) is 246 Å². The van der Waals surface area contributed by atoms with Crippen LogP contribution in [0.4, 0.5) is 4.79 Å². The van der Waals surface area contributed by atoms with E-state index in [1.165, 1.54) is 50.2 Å². The van der Waals surface area contributed by atoms with Gasteiger partial charge in [0.25, 0.3) is 0 Å². The van der Waals surface area contributed by atoms with E-state index >= 15 is 28.8 Å². The molecule has 139 heavy (non-hydrogen) atoms. The summed E-state index contributed by atoms with van der Waals surface area (Å²) in [7, 11) is 1.14. The number of likely N-dealkylation sites (N-methyl/N-ethyl adjacent to an activating group) is 1. The normalized spacial score (nSPS) is 28.1. The number of unbranched alkanes of at least 4 members (excludes halogenated alkanes) is 1. The van der Waals surface area contributed by atoms with Gasteiger partial charge in [0.05, 0.1) is 47.5 Å². The van der Waals surface area contributed by atoms with Crippen LogP contribution in [0.3, 0.4) is 0 Å².